The van der Waals surface area contributed by atoms with Crippen LogP contribution in [0.25, 0.3) is 0 Å². The summed E-state index contributed by atoms with van der Waals surface area (Å²) < 4.78 is 25.4. The van der Waals surface area contributed by atoms with Gasteiger partial charge in [-0.05, 0) is 60.9 Å². The van der Waals surface area contributed by atoms with Crippen molar-refractivity contribution < 1.29 is 18.6 Å². The number of rotatable bonds is 5. The molecule has 4 nitrogen and oxygen atoms in total. The Bertz CT molecular complexity index is 718. The second-order valence-corrected chi connectivity index (χ2v) is 6.81. The van der Waals surface area contributed by atoms with Crippen LogP contribution in [0, 0.1) is 0 Å². The fourth-order valence-electron chi connectivity index (χ4n) is 2.14. The molecule has 0 aromatic heterocycles. The molecule has 0 saturated carbocycles. The topological polar surface area (TPSA) is 74.6 Å². The Hall–Kier alpha value is -2.01. The van der Waals surface area contributed by atoms with Gasteiger partial charge in [-0.1, -0.05) is 13.3 Å². The zero-order valence-corrected chi connectivity index (χ0v) is 12.6. The van der Waals surface area contributed by atoms with Crippen LogP contribution in [-0.4, -0.2) is 18.6 Å². The minimum absolute atomic E-state index is 0.0193. The van der Waals surface area contributed by atoms with Gasteiger partial charge in [0.25, 0.3) is 0 Å². The Morgan fingerprint density at radius 2 is 1.57 bits per heavy atom. The maximum Gasteiger partial charge on any atom is 0.206 e. The van der Waals surface area contributed by atoms with Crippen molar-refractivity contribution in [3.05, 3.63) is 48.0 Å². The van der Waals surface area contributed by atoms with Crippen LogP contribution in [0.3, 0.4) is 0 Å². The Labute approximate surface area is 124 Å². The van der Waals surface area contributed by atoms with E-state index in [0.717, 1.165) is 12.8 Å². The molecule has 0 unspecified atom stereocenters. The molecule has 0 heterocycles. The van der Waals surface area contributed by atoms with Crippen LogP contribution in [0.5, 0.6) is 11.5 Å². The van der Waals surface area contributed by atoms with Crippen molar-refractivity contribution in [3.63, 3.8) is 0 Å². The number of phenolic OH excluding ortho intramolecular Hbond substituents is 2. The lowest BCUT2D eigenvalue weighted by Gasteiger charge is -2.11. The van der Waals surface area contributed by atoms with Crippen molar-refractivity contribution in [1.82, 2.24) is 0 Å². The highest BCUT2D eigenvalue weighted by molar-refractivity contribution is 7.91. The van der Waals surface area contributed by atoms with E-state index in [-0.39, 0.29) is 21.3 Å². The van der Waals surface area contributed by atoms with Gasteiger partial charge in [-0.25, -0.2) is 8.42 Å². The fraction of sp³-hybridized carbons (Fsp3) is 0.250. The van der Waals surface area contributed by atoms with Gasteiger partial charge in [-0.15, -0.1) is 0 Å². The maximum absolute atomic E-state index is 12.7. The molecule has 0 amide bonds. The first kappa shape index (κ1) is 15.4. The van der Waals surface area contributed by atoms with Gasteiger partial charge in [0.1, 0.15) is 11.5 Å². The van der Waals surface area contributed by atoms with Crippen molar-refractivity contribution in [2.24, 2.45) is 0 Å². The highest BCUT2D eigenvalue weighted by Gasteiger charge is 2.21. The van der Waals surface area contributed by atoms with Crippen LogP contribution in [0.15, 0.2) is 52.3 Å². The zero-order valence-electron chi connectivity index (χ0n) is 11.8. The lowest BCUT2D eigenvalue weighted by atomic mass is 10.1. The molecule has 2 N–H and O–H groups in total. The lowest BCUT2D eigenvalue weighted by Crippen LogP contribution is -2.05. The summed E-state index contributed by atoms with van der Waals surface area (Å²) in [5, 5.41) is 18.9. The first-order valence-corrected chi connectivity index (χ1v) is 8.29. The number of unbranched alkanes of at least 4 members (excludes halogenated alkanes) is 1. The predicted molar refractivity (Wildman–Crippen MR) is 80.3 cm³/mol. The molecule has 0 spiro atoms. The molecular weight excluding hydrogens is 288 g/mol. The highest BCUT2D eigenvalue weighted by Crippen LogP contribution is 2.28. The summed E-state index contributed by atoms with van der Waals surface area (Å²) in [4.78, 5) is 0.336. The van der Waals surface area contributed by atoms with Crippen molar-refractivity contribution in [2.75, 3.05) is 0 Å². The van der Waals surface area contributed by atoms with Crippen molar-refractivity contribution in [3.8, 4) is 11.5 Å². The first-order chi connectivity index (χ1) is 9.95. The molecular formula is C16H18O4S. The van der Waals surface area contributed by atoms with Crippen molar-refractivity contribution >= 4 is 9.84 Å². The van der Waals surface area contributed by atoms with Gasteiger partial charge in [0, 0.05) is 0 Å². The quantitative estimate of drug-likeness (QED) is 0.889. The summed E-state index contributed by atoms with van der Waals surface area (Å²) in [5.41, 5.74) is 0.616. The number of aromatic hydroxyl groups is 2. The minimum Gasteiger partial charge on any atom is -0.508 e. The Kier molecular flexibility index (Phi) is 4.53. The van der Waals surface area contributed by atoms with E-state index in [1.54, 1.807) is 0 Å². The van der Waals surface area contributed by atoms with Gasteiger partial charge in [0.15, 0.2) is 0 Å². The lowest BCUT2D eigenvalue weighted by molar-refractivity contribution is 0.473. The normalized spacial score (nSPS) is 11.5. The highest BCUT2D eigenvalue weighted by atomic mass is 32.2. The summed E-state index contributed by atoms with van der Waals surface area (Å²) >= 11 is 0. The molecule has 0 aliphatic heterocycles. The number of sulfone groups is 1. The molecule has 2 rings (SSSR count). The van der Waals surface area contributed by atoms with Crippen molar-refractivity contribution in [1.29, 1.82) is 0 Å². The SMILES string of the molecule is CCCCc1cc(O)ccc1S(=O)(=O)c1ccc(O)cc1. The van der Waals surface area contributed by atoms with Gasteiger partial charge in [-0.2, -0.15) is 0 Å². The maximum atomic E-state index is 12.7. The molecule has 21 heavy (non-hydrogen) atoms. The van der Waals surface area contributed by atoms with E-state index in [4.69, 9.17) is 0 Å². The number of hydrogen-bond acceptors (Lipinski definition) is 4. The molecule has 0 saturated heterocycles. The summed E-state index contributed by atoms with van der Waals surface area (Å²) in [6.07, 6.45) is 2.38. The second kappa shape index (κ2) is 6.18. The van der Waals surface area contributed by atoms with E-state index in [0.29, 0.717) is 12.0 Å². The smallest absolute Gasteiger partial charge is 0.206 e. The summed E-state index contributed by atoms with van der Waals surface area (Å²) in [5.74, 6) is 0.0802. The van der Waals surface area contributed by atoms with Gasteiger partial charge < -0.3 is 10.2 Å². The third-order valence-electron chi connectivity index (χ3n) is 3.28. The minimum atomic E-state index is -3.66. The van der Waals surface area contributed by atoms with Crippen LogP contribution < -0.4 is 0 Å². The number of benzene rings is 2. The Balaban J connectivity index is 2.51. The van der Waals surface area contributed by atoms with Gasteiger partial charge in [0.05, 0.1) is 9.79 Å². The van der Waals surface area contributed by atoms with Crippen LogP contribution in [0.1, 0.15) is 25.3 Å². The molecule has 5 heteroatoms. The van der Waals surface area contributed by atoms with Gasteiger partial charge in [-0.3, -0.25) is 0 Å². The van der Waals surface area contributed by atoms with E-state index in [1.807, 2.05) is 6.92 Å². The Morgan fingerprint density at radius 1 is 0.952 bits per heavy atom. The van der Waals surface area contributed by atoms with Crippen LogP contribution in [0.4, 0.5) is 0 Å². The standard InChI is InChI=1S/C16H18O4S/c1-2-3-4-12-11-14(18)7-10-16(12)21(19,20)15-8-5-13(17)6-9-15/h5-11,17-18H,2-4H2,1H3. The molecule has 2 aromatic carbocycles. The molecule has 112 valence electrons. The Morgan fingerprint density at radius 3 is 2.19 bits per heavy atom. The third-order valence-corrected chi connectivity index (χ3v) is 5.15. The molecule has 0 aliphatic carbocycles. The first-order valence-electron chi connectivity index (χ1n) is 6.81. The summed E-state index contributed by atoms with van der Waals surface area (Å²) in [6.45, 7) is 2.02. The molecule has 0 atom stereocenters. The zero-order chi connectivity index (χ0) is 15.5. The van der Waals surface area contributed by atoms with Crippen LogP contribution in [0.2, 0.25) is 0 Å². The van der Waals surface area contributed by atoms with Gasteiger partial charge in [0.2, 0.25) is 9.84 Å². The van der Waals surface area contributed by atoms with Crippen molar-refractivity contribution in [2.45, 2.75) is 36.0 Å². The third kappa shape index (κ3) is 3.36. The molecule has 0 bridgehead atoms. The average molecular weight is 306 g/mol. The molecule has 2 aromatic rings. The molecule has 0 fully saturated rings. The second-order valence-electron chi connectivity index (χ2n) is 4.89. The van der Waals surface area contributed by atoms with E-state index in [2.05, 4.69) is 0 Å². The van der Waals surface area contributed by atoms with Gasteiger partial charge >= 0.3 is 0 Å². The monoisotopic (exact) mass is 306 g/mol. The largest absolute Gasteiger partial charge is 0.508 e. The van der Waals surface area contributed by atoms with E-state index < -0.39 is 9.84 Å². The van der Waals surface area contributed by atoms with E-state index >= 15 is 0 Å². The summed E-state index contributed by atoms with van der Waals surface area (Å²) in [7, 11) is -3.66. The summed E-state index contributed by atoms with van der Waals surface area (Å²) in [6, 6.07) is 9.76. The van der Waals surface area contributed by atoms with E-state index in [9.17, 15) is 18.6 Å². The number of phenols is 2. The van der Waals surface area contributed by atoms with E-state index in [1.165, 1.54) is 42.5 Å². The van der Waals surface area contributed by atoms with Crippen LogP contribution >= 0.6 is 0 Å². The van der Waals surface area contributed by atoms with Crippen LogP contribution in [-0.2, 0) is 16.3 Å². The average Bonchev–Trinajstić information content (AvgIpc) is 2.45. The molecule has 0 radical (unpaired) electrons. The predicted octanol–water partition coefficient (Wildman–Crippen LogP) is 3.27. The number of aryl methyl sites for hydroxylation is 1. The number of hydrogen-bond donors (Lipinski definition) is 2. The molecule has 0 aliphatic rings. The fourth-order valence-corrected chi connectivity index (χ4v) is 3.64.